The van der Waals surface area contributed by atoms with Gasteiger partial charge in [0.2, 0.25) is 10.0 Å². The van der Waals surface area contributed by atoms with Crippen LogP contribution in [0.5, 0.6) is 0 Å². The van der Waals surface area contributed by atoms with Gasteiger partial charge >= 0.3 is 0 Å². The van der Waals surface area contributed by atoms with Crippen LogP contribution in [0, 0.1) is 5.92 Å². The van der Waals surface area contributed by atoms with Gasteiger partial charge in [-0.05, 0) is 45.8 Å². The average Bonchev–Trinajstić information content (AvgIpc) is 2.42. The summed E-state index contributed by atoms with van der Waals surface area (Å²) < 4.78 is 26.9. The molecule has 21 heavy (non-hydrogen) atoms. The standard InChI is InChI=1S/C15H33N3O2S/c1-14(2)13-18(11-10-17(3)4)21(19,20)12-8-15-7-5-6-9-16-15/h14-16H,5-13H2,1-4H3. The Kier molecular flexibility index (Phi) is 8.16. The van der Waals surface area contributed by atoms with Crippen LogP contribution in [-0.2, 0) is 10.0 Å². The normalized spacial score (nSPS) is 20.6. The fraction of sp³-hybridized carbons (Fsp3) is 1.00. The monoisotopic (exact) mass is 319 g/mol. The van der Waals surface area contributed by atoms with Gasteiger partial charge in [-0.1, -0.05) is 20.3 Å². The lowest BCUT2D eigenvalue weighted by Crippen LogP contribution is -2.42. The molecule has 0 aromatic rings. The molecule has 0 aromatic carbocycles. The number of nitrogens with zero attached hydrogens (tertiary/aromatic N) is 2. The van der Waals surface area contributed by atoms with Crippen LogP contribution in [0.3, 0.4) is 0 Å². The van der Waals surface area contributed by atoms with E-state index in [1.54, 1.807) is 4.31 Å². The van der Waals surface area contributed by atoms with Crippen LogP contribution >= 0.6 is 0 Å². The molecule has 1 N–H and O–H groups in total. The van der Waals surface area contributed by atoms with E-state index < -0.39 is 10.0 Å². The zero-order chi connectivity index (χ0) is 15.9. The summed E-state index contributed by atoms with van der Waals surface area (Å²) in [5.41, 5.74) is 0. The summed E-state index contributed by atoms with van der Waals surface area (Å²) in [4.78, 5) is 2.03. The molecule has 1 rings (SSSR count). The summed E-state index contributed by atoms with van der Waals surface area (Å²) in [6.07, 6.45) is 4.27. The first kappa shape index (κ1) is 18.9. The molecule has 1 saturated heterocycles. The lowest BCUT2D eigenvalue weighted by Gasteiger charge is -2.27. The van der Waals surface area contributed by atoms with E-state index in [9.17, 15) is 8.42 Å². The van der Waals surface area contributed by atoms with Crippen molar-refractivity contribution in [2.45, 2.75) is 45.6 Å². The zero-order valence-electron chi connectivity index (χ0n) is 14.1. The Morgan fingerprint density at radius 1 is 1.19 bits per heavy atom. The number of rotatable bonds is 9. The molecule has 1 aliphatic heterocycles. The maximum atomic E-state index is 12.6. The van der Waals surface area contributed by atoms with Crippen molar-refractivity contribution in [2.24, 2.45) is 5.92 Å². The first-order valence-corrected chi connectivity index (χ1v) is 9.78. The molecule has 1 atom stereocenters. The van der Waals surface area contributed by atoms with Crippen LogP contribution < -0.4 is 5.32 Å². The first-order valence-electron chi connectivity index (χ1n) is 8.17. The second-order valence-corrected chi connectivity index (χ2v) is 8.90. The van der Waals surface area contributed by atoms with E-state index >= 15 is 0 Å². The number of piperidine rings is 1. The summed E-state index contributed by atoms with van der Waals surface area (Å²) >= 11 is 0. The molecule has 5 nitrogen and oxygen atoms in total. The van der Waals surface area contributed by atoms with Crippen molar-refractivity contribution in [3.63, 3.8) is 0 Å². The van der Waals surface area contributed by atoms with Crippen LogP contribution in [0.25, 0.3) is 0 Å². The van der Waals surface area contributed by atoms with Crippen molar-refractivity contribution in [2.75, 3.05) is 46.0 Å². The minimum absolute atomic E-state index is 0.269. The average molecular weight is 320 g/mol. The van der Waals surface area contributed by atoms with Crippen molar-refractivity contribution in [1.82, 2.24) is 14.5 Å². The van der Waals surface area contributed by atoms with Gasteiger partial charge in [-0.3, -0.25) is 0 Å². The summed E-state index contributed by atoms with van der Waals surface area (Å²) in [6, 6.07) is 0.378. The van der Waals surface area contributed by atoms with Crippen LogP contribution in [0.2, 0.25) is 0 Å². The van der Waals surface area contributed by atoms with E-state index in [0.29, 0.717) is 25.0 Å². The van der Waals surface area contributed by atoms with Crippen LogP contribution in [-0.4, -0.2) is 69.7 Å². The minimum Gasteiger partial charge on any atom is -0.314 e. The van der Waals surface area contributed by atoms with Gasteiger partial charge in [-0.25, -0.2) is 12.7 Å². The Hall–Kier alpha value is -0.170. The maximum Gasteiger partial charge on any atom is 0.214 e. The molecule has 1 heterocycles. The third kappa shape index (κ3) is 7.58. The van der Waals surface area contributed by atoms with E-state index in [4.69, 9.17) is 0 Å². The molecular formula is C15H33N3O2S. The van der Waals surface area contributed by atoms with Crippen molar-refractivity contribution in [1.29, 1.82) is 0 Å². The lowest BCUT2D eigenvalue weighted by molar-refractivity contribution is 0.311. The van der Waals surface area contributed by atoms with E-state index in [0.717, 1.165) is 25.9 Å². The number of likely N-dealkylation sites (N-methyl/N-ethyl adjacent to an activating group) is 1. The molecule has 1 fully saturated rings. The Bertz CT molecular complexity index is 376. The molecule has 0 spiro atoms. The molecule has 0 bridgehead atoms. The SMILES string of the molecule is CC(C)CN(CCN(C)C)S(=O)(=O)CCC1CCCCN1. The van der Waals surface area contributed by atoms with Gasteiger partial charge in [0.15, 0.2) is 0 Å². The topological polar surface area (TPSA) is 52.7 Å². The maximum absolute atomic E-state index is 12.6. The second-order valence-electron chi connectivity index (χ2n) is 6.81. The van der Waals surface area contributed by atoms with Crippen LogP contribution in [0.15, 0.2) is 0 Å². The summed E-state index contributed by atoms with van der Waals surface area (Å²) in [5, 5.41) is 3.43. The van der Waals surface area contributed by atoms with Crippen molar-refractivity contribution in [3.8, 4) is 0 Å². The number of hydrogen-bond donors (Lipinski definition) is 1. The van der Waals surface area contributed by atoms with Gasteiger partial charge in [-0.15, -0.1) is 0 Å². The van der Waals surface area contributed by atoms with Gasteiger partial charge in [0.25, 0.3) is 0 Å². The third-order valence-corrected chi connectivity index (χ3v) is 5.77. The molecule has 0 aromatic heterocycles. The van der Waals surface area contributed by atoms with Crippen molar-refractivity contribution in [3.05, 3.63) is 0 Å². The Labute approximate surface area is 131 Å². The Morgan fingerprint density at radius 3 is 2.43 bits per heavy atom. The first-order chi connectivity index (χ1) is 9.81. The fourth-order valence-corrected chi connectivity index (χ4v) is 4.38. The number of sulfonamides is 1. The smallest absolute Gasteiger partial charge is 0.214 e. The fourth-order valence-electron chi connectivity index (χ4n) is 2.65. The van der Waals surface area contributed by atoms with Crippen LogP contribution in [0.4, 0.5) is 0 Å². The Balaban J connectivity index is 2.55. The van der Waals surface area contributed by atoms with E-state index in [2.05, 4.69) is 19.2 Å². The van der Waals surface area contributed by atoms with Gasteiger partial charge < -0.3 is 10.2 Å². The molecule has 1 aliphatic rings. The molecule has 1 unspecified atom stereocenters. The largest absolute Gasteiger partial charge is 0.314 e. The quantitative estimate of drug-likeness (QED) is 0.697. The molecule has 0 amide bonds. The molecule has 126 valence electrons. The summed E-state index contributed by atoms with van der Waals surface area (Å²) in [5.74, 6) is 0.625. The van der Waals surface area contributed by atoms with E-state index in [1.165, 1.54) is 12.8 Å². The summed E-state index contributed by atoms with van der Waals surface area (Å²) in [6.45, 7) is 7.15. The lowest BCUT2D eigenvalue weighted by atomic mass is 10.0. The summed E-state index contributed by atoms with van der Waals surface area (Å²) in [7, 11) is 0.811. The molecular weight excluding hydrogens is 286 g/mol. The Morgan fingerprint density at radius 2 is 1.90 bits per heavy atom. The van der Waals surface area contributed by atoms with E-state index in [1.807, 2.05) is 19.0 Å². The van der Waals surface area contributed by atoms with Crippen molar-refractivity contribution < 1.29 is 8.42 Å². The molecule has 0 saturated carbocycles. The second kappa shape index (κ2) is 9.08. The number of nitrogens with one attached hydrogen (secondary N) is 1. The third-order valence-electron chi connectivity index (χ3n) is 3.90. The van der Waals surface area contributed by atoms with E-state index in [-0.39, 0.29) is 5.75 Å². The molecule has 0 radical (unpaired) electrons. The zero-order valence-corrected chi connectivity index (χ0v) is 15.0. The van der Waals surface area contributed by atoms with Gasteiger partial charge in [0.05, 0.1) is 5.75 Å². The highest BCUT2D eigenvalue weighted by atomic mass is 32.2. The highest BCUT2D eigenvalue weighted by molar-refractivity contribution is 7.89. The van der Waals surface area contributed by atoms with Gasteiger partial charge in [-0.2, -0.15) is 0 Å². The van der Waals surface area contributed by atoms with Crippen LogP contribution in [0.1, 0.15) is 39.5 Å². The van der Waals surface area contributed by atoms with Gasteiger partial charge in [0.1, 0.15) is 0 Å². The number of hydrogen-bond acceptors (Lipinski definition) is 4. The van der Waals surface area contributed by atoms with Crippen molar-refractivity contribution >= 4 is 10.0 Å². The molecule has 6 heteroatoms. The van der Waals surface area contributed by atoms with Gasteiger partial charge in [0, 0.05) is 25.7 Å². The molecule has 0 aliphatic carbocycles. The predicted octanol–water partition coefficient (Wildman–Crippen LogP) is 1.37. The predicted molar refractivity (Wildman–Crippen MR) is 89.0 cm³/mol. The highest BCUT2D eigenvalue weighted by Crippen LogP contribution is 2.14. The minimum atomic E-state index is -3.15. The highest BCUT2D eigenvalue weighted by Gasteiger charge is 2.24.